The lowest BCUT2D eigenvalue weighted by molar-refractivity contribution is 0.501. The number of aryl methyl sites for hydroxylation is 2. The predicted octanol–water partition coefficient (Wildman–Crippen LogP) is 3.00. The molecule has 0 atom stereocenters. The van der Waals surface area contributed by atoms with Crippen LogP contribution in [0.1, 0.15) is 44.3 Å². The average Bonchev–Trinajstić information content (AvgIpc) is 2.64. The maximum Gasteiger partial charge on any atom is 0.191 e. The highest BCUT2D eigenvalue weighted by Crippen LogP contribution is 2.14. The van der Waals surface area contributed by atoms with Gasteiger partial charge in [-0.25, -0.2) is 4.99 Å². The fourth-order valence-electron chi connectivity index (χ4n) is 1.83. The lowest BCUT2D eigenvalue weighted by atomic mass is 10.1. The molecule has 2 N–H and O–H groups in total. The molecule has 1 aromatic rings. The van der Waals surface area contributed by atoms with Crippen molar-refractivity contribution in [3.05, 3.63) is 23.2 Å². The monoisotopic (exact) mass is 265 g/mol. The molecule has 4 heteroatoms. The van der Waals surface area contributed by atoms with Gasteiger partial charge in [0, 0.05) is 18.7 Å². The predicted molar refractivity (Wildman–Crippen MR) is 80.5 cm³/mol. The molecule has 0 aromatic carbocycles. The fourth-order valence-corrected chi connectivity index (χ4v) is 1.83. The molecule has 0 saturated heterocycles. The largest absolute Gasteiger partial charge is 0.466 e. The Kier molecular flexibility index (Phi) is 6.46. The molecule has 0 fully saturated rings. The van der Waals surface area contributed by atoms with E-state index in [-0.39, 0.29) is 0 Å². The van der Waals surface area contributed by atoms with Crippen molar-refractivity contribution in [1.82, 2.24) is 10.6 Å². The van der Waals surface area contributed by atoms with E-state index >= 15 is 0 Å². The molecule has 4 nitrogen and oxygen atoms in total. The minimum absolute atomic E-state index is 0.653. The molecule has 0 aliphatic rings. The first-order chi connectivity index (χ1) is 9.02. The van der Waals surface area contributed by atoms with E-state index in [2.05, 4.69) is 42.5 Å². The van der Waals surface area contributed by atoms with Crippen LogP contribution < -0.4 is 10.6 Å². The van der Waals surface area contributed by atoms with E-state index in [0.29, 0.717) is 12.5 Å². The van der Waals surface area contributed by atoms with Crippen molar-refractivity contribution in [2.45, 2.75) is 47.6 Å². The van der Waals surface area contributed by atoms with Crippen molar-refractivity contribution in [2.24, 2.45) is 10.9 Å². The van der Waals surface area contributed by atoms with Crippen LogP contribution in [0.2, 0.25) is 0 Å². The summed E-state index contributed by atoms with van der Waals surface area (Å²) in [6.45, 7) is 13.0. The van der Waals surface area contributed by atoms with Crippen LogP contribution in [-0.2, 0) is 6.54 Å². The van der Waals surface area contributed by atoms with Crippen LogP contribution in [-0.4, -0.2) is 19.0 Å². The number of hydrogen-bond acceptors (Lipinski definition) is 2. The van der Waals surface area contributed by atoms with Gasteiger partial charge in [0.15, 0.2) is 5.96 Å². The highest BCUT2D eigenvalue weighted by Gasteiger charge is 2.04. The van der Waals surface area contributed by atoms with Gasteiger partial charge in [-0.3, -0.25) is 0 Å². The number of guanidine groups is 1. The van der Waals surface area contributed by atoms with Crippen molar-refractivity contribution in [1.29, 1.82) is 0 Å². The van der Waals surface area contributed by atoms with E-state index in [0.717, 1.165) is 42.6 Å². The van der Waals surface area contributed by atoms with E-state index in [1.807, 2.05) is 13.8 Å². The second-order valence-corrected chi connectivity index (χ2v) is 5.24. The van der Waals surface area contributed by atoms with E-state index in [1.165, 1.54) is 0 Å². The van der Waals surface area contributed by atoms with Crippen molar-refractivity contribution in [2.75, 3.05) is 13.1 Å². The SMILES string of the molecule is CCNC(=NCc1cc(C)oc1C)NCCC(C)C. The smallest absolute Gasteiger partial charge is 0.191 e. The van der Waals surface area contributed by atoms with Gasteiger partial charge in [0.25, 0.3) is 0 Å². The third kappa shape index (κ3) is 5.81. The van der Waals surface area contributed by atoms with E-state index < -0.39 is 0 Å². The third-order valence-electron chi connectivity index (χ3n) is 2.91. The maximum atomic E-state index is 5.51. The van der Waals surface area contributed by atoms with Crippen molar-refractivity contribution in [3.63, 3.8) is 0 Å². The summed E-state index contributed by atoms with van der Waals surface area (Å²) in [6, 6.07) is 2.05. The molecule has 0 bridgehead atoms. The Morgan fingerprint density at radius 3 is 2.58 bits per heavy atom. The van der Waals surface area contributed by atoms with Crippen molar-refractivity contribution in [3.8, 4) is 0 Å². The molecule has 0 radical (unpaired) electrons. The van der Waals surface area contributed by atoms with E-state index in [4.69, 9.17) is 4.42 Å². The molecule has 0 amide bonds. The van der Waals surface area contributed by atoms with Gasteiger partial charge in [0.1, 0.15) is 11.5 Å². The lowest BCUT2D eigenvalue weighted by Crippen LogP contribution is -2.38. The number of furan rings is 1. The lowest BCUT2D eigenvalue weighted by Gasteiger charge is -2.12. The highest BCUT2D eigenvalue weighted by atomic mass is 16.3. The van der Waals surface area contributed by atoms with Crippen LogP contribution in [0.15, 0.2) is 15.5 Å². The van der Waals surface area contributed by atoms with Gasteiger partial charge in [0.05, 0.1) is 6.54 Å². The second kappa shape index (κ2) is 7.87. The zero-order valence-electron chi connectivity index (χ0n) is 12.8. The Bertz CT molecular complexity index is 408. The Morgan fingerprint density at radius 1 is 1.32 bits per heavy atom. The average molecular weight is 265 g/mol. The molecule has 1 aromatic heterocycles. The van der Waals surface area contributed by atoms with Gasteiger partial charge in [-0.2, -0.15) is 0 Å². The quantitative estimate of drug-likeness (QED) is 0.614. The fraction of sp³-hybridized carbons (Fsp3) is 0.667. The van der Waals surface area contributed by atoms with Crippen LogP contribution in [0.5, 0.6) is 0 Å². The normalized spacial score (nSPS) is 12.0. The van der Waals surface area contributed by atoms with Crippen molar-refractivity contribution >= 4 is 5.96 Å². The molecule has 1 heterocycles. The molecule has 19 heavy (non-hydrogen) atoms. The van der Waals surface area contributed by atoms with Crippen LogP contribution in [0.4, 0.5) is 0 Å². The van der Waals surface area contributed by atoms with E-state index in [9.17, 15) is 0 Å². The molecular formula is C15H27N3O. The summed E-state index contributed by atoms with van der Waals surface area (Å²) in [5.41, 5.74) is 1.15. The van der Waals surface area contributed by atoms with Gasteiger partial charge in [-0.1, -0.05) is 13.8 Å². The number of nitrogens with one attached hydrogen (secondary N) is 2. The molecule has 0 spiro atoms. The highest BCUT2D eigenvalue weighted by molar-refractivity contribution is 5.79. The number of hydrogen-bond donors (Lipinski definition) is 2. The Hall–Kier alpha value is -1.45. The molecule has 0 saturated carbocycles. The van der Waals surface area contributed by atoms with Crippen LogP contribution in [0.25, 0.3) is 0 Å². The summed E-state index contributed by atoms with van der Waals surface area (Å²) in [4.78, 5) is 4.59. The number of aliphatic imine (C=N–C) groups is 1. The summed E-state index contributed by atoms with van der Waals surface area (Å²) >= 11 is 0. The molecule has 1 rings (SSSR count). The van der Waals surface area contributed by atoms with Gasteiger partial charge < -0.3 is 15.1 Å². The molecular weight excluding hydrogens is 238 g/mol. The summed E-state index contributed by atoms with van der Waals surface area (Å²) in [7, 11) is 0. The third-order valence-corrected chi connectivity index (χ3v) is 2.91. The van der Waals surface area contributed by atoms with Crippen molar-refractivity contribution < 1.29 is 4.42 Å². The van der Waals surface area contributed by atoms with Gasteiger partial charge >= 0.3 is 0 Å². The summed E-state index contributed by atoms with van der Waals surface area (Å²) in [6.07, 6.45) is 1.15. The zero-order chi connectivity index (χ0) is 14.3. The molecule has 0 aliphatic heterocycles. The summed E-state index contributed by atoms with van der Waals surface area (Å²) in [5, 5.41) is 6.62. The van der Waals surface area contributed by atoms with Gasteiger partial charge in [0.2, 0.25) is 0 Å². The van der Waals surface area contributed by atoms with Gasteiger partial charge in [-0.05, 0) is 39.2 Å². The minimum Gasteiger partial charge on any atom is -0.466 e. The first kappa shape index (κ1) is 15.6. The maximum absolute atomic E-state index is 5.51. The zero-order valence-corrected chi connectivity index (χ0v) is 12.8. The van der Waals surface area contributed by atoms with E-state index in [1.54, 1.807) is 0 Å². The molecule has 0 unspecified atom stereocenters. The topological polar surface area (TPSA) is 49.6 Å². The van der Waals surface area contributed by atoms with Gasteiger partial charge in [-0.15, -0.1) is 0 Å². The summed E-state index contributed by atoms with van der Waals surface area (Å²) < 4.78 is 5.51. The van der Waals surface area contributed by atoms with Crippen LogP contribution in [0.3, 0.4) is 0 Å². The van der Waals surface area contributed by atoms with Crippen LogP contribution >= 0.6 is 0 Å². The first-order valence-corrected chi connectivity index (χ1v) is 7.11. The second-order valence-electron chi connectivity index (χ2n) is 5.24. The molecule has 108 valence electrons. The Balaban J connectivity index is 2.54. The standard InChI is InChI=1S/C15H27N3O/c1-6-16-15(17-8-7-11(2)3)18-10-14-9-12(4)19-13(14)5/h9,11H,6-8,10H2,1-5H3,(H2,16,17,18). The minimum atomic E-state index is 0.653. The van der Waals surface area contributed by atoms with Crippen LogP contribution in [0, 0.1) is 19.8 Å². The Morgan fingerprint density at radius 2 is 2.05 bits per heavy atom. The summed E-state index contributed by atoms with van der Waals surface area (Å²) in [5.74, 6) is 3.48. The number of rotatable bonds is 6. The molecule has 0 aliphatic carbocycles. The first-order valence-electron chi connectivity index (χ1n) is 7.11. The Labute approximate surface area is 116 Å². The number of nitrogens with zero attached hydrogens (tertiary/aromatic N) is 1.